The van der Waals surface area contributed by atoms with Gasteiger partial charge in [-0.05, 0) is 24.3 Å². The number of esters is 2. The fraction of sp³-hybridized carbons (Fsp3) is 0.214. The number of hydrogen-bond acceptors (Lipinski definition) is 12. The molecule has 0 aliphatic carbocycles. The number of halogens is 1. The van der Waals surface area contributed by atoms with E-state index in [9.17, 15) is 26.4 Å². The summed E-state index contributed by atoms with van der Waals surface area (Å²) >= 11 is 3.19. The van der Waals surface area contributed by atoms with Gasteiger partial charge in [0.2, 0.25) is 20.0 Å². The number of methoxy groups -OCH3 is 2. The van der Waals surface area contributed by atoms with E-state index in [2.05, 4.69) is 50.1 Å². The second-order valence-corrected chi connectivity index (χ2v) is 13.0. The van der Waals surface area contributed by atoms with Crippen molar-refractivity contribution in [2.24, 2.45) is 0 Å². The van der Waals surface area contributed by atoms with E-state index in [1.165, 1.54) is 43.3 Å². The van der Waals surface area contributed by atoms with Gasteiger partial charge in [0.05, 0.1) is 55.4 Å². The molecule has 0 unspecified atom stereocenters. The van der Waals surface area contributed by atoms with Crippen molar-refractivity contribution in [1.82, 2.24) is 19.9 Å². The predicted molar refractivity (Wildman–Crippen MR) is 172 cm³/mol. The lowest BCUT2D eigenvalue weighted by Crippen LogP contribution is -2.30. The summed E-state index contributed by atoms with van der Waals surface area (Å²) in [6.07, 6.45) is 7.73. The lowest BCUT2D eigenvalue weighted by Gasteiger charge is -2.21. The van der Waals surface area contributed by atoms with Crippen LogP contribution in [0.4, 0.5) is 11.4 Å². The highest BCUT2D eigenvalue weighted by molar-refractivity contribution is 9.08. The van der Waals surface area contributed by atoms with E-state index < -0.39 is 32.0 Å². The smallest absolute Gasteiger partial charge is 0.341 e. The van der Waals surface area contributed by atoms with Crippen LogP contribution in [-0.4, -0.2) is 75.4 Å². The Hall–Kier alpha value is -4.48. The fourth-order valence-corrected chi connectivity index (χ4v) is 4.86. The molecule has 0 radical (unpaired) electrons. The van der Waals surface area contributed by atoms with Crippen LogP contribution in [0.1, 0.15) is 32.4 Å². The second-order valence-electron chi connectivity index (χ2n) is 8.74. The van der Waals surface area contributed by atoms with Crippen LogP contribution in [0.25, 0.3) is 0 Å². The van der Waals surface area contributed by atoms with Crippen molar-refractivity contribution in [3.63, 3.8) is 0 Å². The van der Waals surface area contributed by atoms with Crippen molar-refractivity contribution in [3.8, 4) is 0 Å². The van der Waals surface area contributed by atoms with Crippen LogP contribution in [0, 0.1) is 0 Å². The molecule has 0 saturated carbocycles. The number of hydrogen-bond donors (Lipinski definition) is 1. The van der Waals surface area contributed by atoms with Crippen LogP contribution in [0.5, 0.6) is 0 Å². The third-order valence-electron chi connectivity index (χ3n) is 5.18. The number of aromatic nitrogens is 4. The Labute approximate surface area is 270 Å². The number of carbonyl (C=O) groups is 2. The first-order valence-electron chi connectivity index (χ1n) is 12.7. The van der Waals surface area contributed by atoms with Crippen LogP contribution in [0.2, 0.25) is 0 Å². The molecule has 0 aliphatic rings. The summed E-state index contributed by atoms with van der Waals surface area (Å²) in [6, 6.07) is 17.4. The molecule has 0 amide bonds. The van der Waals surface area contributed by atoms with Crippen LogP contribution >= 0.6 is 15.9 Å². The zero-order valence-corrected chi connectivity index (χ0v) is 27.9. The highest BCUT2D eigenvalue weighted by Crippen LogP contribution is 2.18. The van der Waals surface area contributed by atoms with E-state index in [4.69, 9.17) is 0 Å². The Morgan fingerprint density at radius 3 is 1.53 bits per heavy atom. The van der Waals surface area contributed by atoms with E-state index in [1.807, 2.05) is 6.07 Å². The Balaban J connectivity index is 0.000000259. The number of para-hydroxylation sites is 2. The summed E-state index contributed by atoms with van der Waals surface area (Å²) < 4.78 is 57.9. The predicted octanol–water partition coefficient (Wildman–Crippen LogP) is 3.45. The maximum atomic E-state index is 12.0. The van der Waals surface area contributed by atoms with Gasteiger partial charge >= 0.3 is 11.9 Å². The molecular weight excluding hydrogens is 692 g/mol. The number of alkyl halides is 1. The first-order chi connectivity index (χ1) is 21.3. The number of rotatable bonds is 9. The van der Waals surface area contributed by atoms with Crippen LogP contribution in [-0.2, 0) is 41.4 Å². The van der Waals surface area contributed by atoms with Gasteiger partial charge in [0.15, 0.2) is 0 Å². The minimum absolute atomic E-state index is 0.0235. The van der Waals surface area contributed by atoms with Crippen molar-refractivity contribution in [1.29, 1.82) is 0 Å². The van der Waals surface area contributed by atoms with E-state index in [0.717, 1.165) is 12.5 Å². The minimum Gasteiger partial charge on any atom is -0.465 e. The SMILES string of the molecule is COC(=O)c1cnc(CBr)nc1.COC(=O)c1cnc(CN(c2ccccc2)S(C)(=O)=O)nc1.CS(=O)(=O)Nc1ccccc1. The van der Waals surface area contributed by atoms with Crippen molar-refractivity contribution in [3.05, 3.63) is 108 Å². The summed E-state index contributed by atoms with van der Waals surface area (Å²) in [6.45, 7) is -0.0235. The maximum absolute atomic E-state index is 12.0. The lowest BCUT2D eigenvalue weighted by atomic mass is 10.3. The average molecular weight is 724 g/mol. The van der Waals surface area contributed by atoms with Crippen LogP contribution in [0.3, 0.4) is 0 Å². The van der Waals surface area contributed by atoms with E-state index in [0.29, 0.717) is 28.1 Å². The molecule has 2 aromatic carbocycles. The molecular formula is C28H31BrN6O8S2. The molecule has 0 aliphatic heterocycles. The molecule has 4 aromatic rings. The number of benzene rings is 2. The lowest BCUT2D eigenvalue weighted by molar-refractivity contribution is 0.0590. The molecule has 2 aromatic heterocycles. The Bertz CT molecular complexity index is 1730. The Morgan fingerprint density at radius 1 is 0.733 bits per heavy atom. The normalized spacial score (nSPS) is 10.6. The summed E-state index contributed by atoms with van der Waals surface area (Å²) in [5.74, 6) is -0.0460. The summed E-state index contributed by atoms with van der Waals surface area (Å²) in [4.78, 5) is 38.0. The van der Waals surface area contributed by atoms with Crippen LogP contribution in [0.15, 0.2) is 85.5 Å². The number of sulfonamides is 2. The molecule has 240 valence electrons. The van der Waals surface area contributed by atoms with Crippen molar-refractivity contribution < 1.29 is 35.9 Å². The Morgan fingerprint density at radius 2 is 1.16 bits per heavy atom. The highest BCUT2D eigenvalue weighted by atomic mass is 79.9. The number of ether oxygens (including phenoxy) is 2. The third-order valence-corrected chi connectivity index (χ3v) is 7.43. The molecule has 2 heterocycles. The van der Waals surface area contributed by atoms with Crippen molar-refractivity contribution in [2.45, 2.75) is 11.9 Å². The first kappa shape index (κ1) is 36.7. The van der Waals surface area contributed by atoms with E-state index in [-0.39, 0.29) is 17.9 Å². The largest absolute Gasteiger partial charge is 0.465 e. The first-order valence-corrected chi connectivity index (χ1v) is 17.5. The van der Waals surface area contributed by atoms with Gasteiger partial charge in [-0.1, -0.05) is 52.3 Å². The second kappa shape index (κ2) is 17.7. The molecule has 14 nitrogen and oxygen atoms in total. The average Bonchev–Trinajstić information content (AvgIpc) is 3.03. The zero-order chi connectivity index (χ0) is 33.5. The summed E-state index contributed by atoms with van der Waals surface area (Å²) in [5.41, 5.74) is 1.68. The minimum atomic E-state index is -3.49. The molecule has 0 bridgehead atoms. The van der Waals surface area contributed by atoms with Gasteiger partial charge in [0.25, 0.3) is 0 Å². The highest BCUT2D eigenvalue weighted by Gasteiger charge is 2.19. The molecule has 1 N–H and O–H groups in total. The third kappa shape index (κ3) is 13.4. The molecule has 4 rings (SSSR count). The van der Waals surface area contributed by atoms with Crippen molar-refractivity contribution >= 4 is 59.3 Å². The van der Waals surface area contributed by atoms with Gasteiger partial charge in [-0.25, -0.2) is 46.4 Å². The topological polar surface area (TPSA) is 188 Å². The van der Waals surface area contributed by atoms with Gasteiger partial charge in [-0.15, -0.1) is 0 Å². The van der Waals surface area contributed by atoms with Crippen LogP contribution < -0.4 is 9.03 Å². The van der Waals surface area contributed by atoms with E-state index >= 15 is 0 Å². The number of anilines is 2. The zero-order valence-electron chi connectivity index (χ0n) is 24.7. The number of nitrogens with one attached hydrogen (secondary N) is 1. The fourth-order valence-electron chi connectivity index (χ4n) is 3.15. The molecule has 0 saturated heterocycles. The van der Waals surface area contributed by atoms with E-state index in [1.54, 1.807) is 54.6 Å². The van der Waals surface area contributed by atoms with Gasteiger partial charge in [-0.2, -0.15) is 0 Å². The quantitative estimate of drug-likeness (QED) is 0.196. The maximum Gasteiger partial charge on any atom is 0.341 e. The molecule has 0 spiro atoms. The Kier molecular flexibility index (Phi) is 14.5. The number of nitrogens with zero attached hydrogens (tertiary/aromatic N) is 5. The molecule has 0 atom stereocenters. The number of carbonyl (C=O) groups excluding carboxylic acids is 2. The van der Waals surface area contributed by atoms with Gasteiger partial charge in [0.1, 0.15) is 11.6 Å². The van der Waals surface area contributed by atoms with Gasteiger partial charge in [0, 0.05) is 30.5 Å². The van der Waals surface area contributed by atoms with Gasteiger partial charge in [-0.3, -0.25) is 9.03 Å². The summed E-state index contributed by atoms with van der Waals surface area (Å²) in [5, 5.41) is 0.578. The summed E-state index contributed by atoms with van der Waals surface area (Å²) in [7, 11) is -4.03. The molecule has 45 heavy (non-hydrogen) atoms. The molecule has 17 heteroatoms. The van der Waals surface area contributed by atoms with Crippen molar-refractivity contribution in [2.75, 3.05) is 35.8 Å². The monoisotopic (exact) mass is 722 g/mol. The van der Waals surface area contributed by atoms with Gasteiger partial charge < -0.3 is 9.47 Å². The standard InChI is InChI=1S/C14H15N3O4S.C7H7BrN2O2.C7H9NO2S/c1-21-14(18)11-8-15-13(16-9-11)10-17(22(2,19)20)12-6-4-3-5-7-12;1-12-7(11)5-3-9-6(2-8)10-4-5;1-11(9,10)8-7-5-3-2-4-6-7/h3-9H,10H2,1-2H3;3-4H,2H2,1H3;2-6,8H,1H3. The molecule has 0 fully saturated rings.